The summed E-state index contributed by atoms with van der Waals surface area (Å²) in [6.45, 7) is -0.448. The van der Waals surface area contributed by atoms with Crippen LogP contribution < -0.4 is 0 Å². The molecule has 0 bridgehead atoms. The first kappa shape index (κ1) is 7.55. The Morgan fingerprint density at radius 3 is 2.00 bits per heavy atom. The number of hydrogen-bond acceptors (Lipinski definition) is 1. The summed E-state index contributed by atoms with van der Waals surface area (Å²) in [5.41, 5.74) is 0. The number of aliphatic hydroxyl groups excluding tert-OH is 1. The van der Waals surface area contributed by atoms with E-state index in [4.69, 9.17) is 5.11 Å². The van der Waals surface area contributed by atoms with E-state index in [0.717, 1.165) is 22.6 Å². The predicted octanol–water partition coefficient (Wildman–Crippen LogP) is 1.40. The van der Waals surface area contributed by atoms with Gasteiger partial charge in [-0.2, -0.15) is 8.78 Å². The van der Waals surface area contributed by atoms with Crippen molar-refractivity contribution in [2.75, 3.05) is 6.61 Å². The first-order chi connectivity index (χ1) is 3.06. The number of alkyl halides is 3. The van der Waals surface area contributed by atoms with E-state index < -0.39 is 17.0 Å². The Bertz CT molecular complexity index is 51.4. The molecule has 0 heterocycles. The van der Waals surface area contributed by atoms with Gasteiger partial charge in [0.25, 0.3) is 3.93 Å². The van der Waals surface area contributed by atoms with E-state index in [1.165, 1.54) is 0 Å². The molecule has 44 valence electrons. The van der Waals surface area contributed by atoms with Gasteiger partial charge in [0.2, 0.25) is 0 Å². The molecule has 0 saturated carbocycles. The van der Waals surface area contributed by atoms with E-state index in [9.17, 15) is 8.78 Å². The molecule has 0 aromatic heterocycles. The maximum atomic E-state index is 11.5. The third-order valence-electron chi connectivity index (χ3n) is 0.395. The molecule has 0 radical (unpaired) electrons. The highest BCUT2D eigenvalue weighted by molar-refractivity contribution is 14.1. The van der Waals surface area contributed by atoms with Crippen molar-refractivity contribution in [3.63, 3.8) is 0 Å². The van der Waals surface area contributed by atoms with Crippen molar-refractivity contribution >= 4 is 22.6 Å². The fourth-order valence-corrected chi connectivity index (χ4v) is 0.368. The zero-order chi connectivity index (χ0) is 5.91. The van der Waals surface area contributed by atoms with Crippen molar-refractivity contribution in [2.45, 2.75) is 10.4 Å². The molecule has 0 aromatic carbocycles. The molecule has 1 N–H and O–H groups in total. The van der Waals surface area contributed by atoms with Crippen LogP contribution in [0.2, 0.25) is 0 Å². The van der Waals surface area contributed by atoms with E-state index >= 15 is 0 Å². The molecular weight excluding hydrogens is 217 g/mol. The molecule has 0 fully saturated rings. The van der Waals surface area contributed by atoms with Crippen LogP contribution in [-0.2, 0) is 0 Å². The van der Waals surface area contributed by atoms with Crippen molar-refractivity contribution in [2.24, 2.45) is 0 Å². The average Bonchev–Trinajstić information content (AvgIpc) is 1.30. The Labute approximate surface area is 53.9 Å². The van der Waals surface area contributed by atoms with Crippen LogP contribution in [0.4, 0.5) is 8.78 Å². The topological polar surface area (TPSA) is 20.2 Å². The summed E-state index contributed by atoms with van der Waals surface area (Å²) < 4.78 is 20.4. The highest BCUT2D eigenvalue weighted by atomic mass is 127. The first-order valence-corrected chi connectivity index (χ1v) is 2.82. The zero-order valence-corrected chi connectivity index (χ0v) is 5.65. The predicted molar refractivity (Wildman–Crippen MR) is 30.7 cm³/mol. The number of aliphatic hydroxyl groups is 1. The summed E-state index contributed by atoms with van der Waals surface area (Å²) >= 11 is 0.983. The quantitative estimate of drug-likeness (QED) is 0.553. The van der Waals surface area contributed by atoms with Gasteiger partial charge in [0, 0.05) is 13.0 Å². The van der Waals surface area contributed by atoms with Crippen LogP contribution in [0, 0.1) is 0 Å². The molecule has 4 heteroatoms. The first-order valence-electron chi connectivity index (χ1n) is 1.74. The van der Waals surface area contributed by atoms with E-state index in [1.807, 2.05) is 0 Å². The molecule has 0 aliphatic rings. The molecule has 0 unspecified atom stereocenters. The van der Waals surface area contributed by atoms with E-state index in [1.54, 1.807) is 0 Å². The average molecular weight is 222 g/mol. The van der Waals surface area contributed by atoms with Crippen LogP contribution in [0.1, 0.15) is 6.42 Å². The van der Waals surface area contributed by atoms with E-state index in [-0.39, 0.29) is 0 Å². The molecule has 0 spiro atoms. The lowest BCUT2D eigenvalue weighted by Crippen LogP contribution is -2.05. The Kier molecular flexibility index (Phi) is 2.98. The Morgan fingerprint density at radius 2 is 2.00 bits per heavy atom. The van der Waals surface area contributed by atoms with Crippen LogP contribution in [0.5, 0.6) is 0 Å². The third kappa shape index (κ3) is 6.55. The summed E-state index contributed by atoms with van der Waals surface area (Å²) in [5, 5.41) is 7.92. The zero-order valence-electron chi connectivity index (χ0n) is 3.50. The molecule has 0 rings (SSSR count). The van der Waals surface area contributed by atoms with Gasteiger partial charge in [0.15, 0.2) is 0 Å². The molecule has 0 aliphatic heterocycles. The minimum Gasteiger partial charge on any atom is -0.396 e. The van der Waals surface area contributed by atoms with Gasteiger partial charge in [-0.3, -0.25) is 0 Å². The fourth-order valence-electron chi connectivity index (χ4n) is 0.127. The standard InChI is InChI=1S/C3H5F2IO/c4-3(5,6)1-2-7/h7H,1-2H2. The Hall–Kier alpha value is 0.550. The minimum atomic E-state index is -2.73. The van der Waals surface area contributed by atoms with Crippen molar-refractivity contribution in [1.82, 2.24) is 0 Å². The summed E-state index contributed by atoms with van der Waals surface area (Å²) in [4.78, 5) is 0. The Morgan fingerprint density at radius 1 is 1.57 bits per heavy atom. The second-order valence-electron chi connectivity index (χ2n) is 1.09. The summed E-state index contributed by atoms with van der Waals surface area (Å²) in [7, 11) is 0. The van der Waals surface area contributed by atoms with E-state index in [0.29, 0.717) is 0 Å². The summed E-state index contributed by atoms with van der Waals surface area (Å²) in [6, 6.07) is 0. The molecule has 7 heavy (non-hydrogen) atoms. The number of rotatable bonds is 2. The van der Waals surface area contributed by atoms with Gasteiger partial charge in [0.05, 0.1) is 0 Å². The van der Waals surface area contributed by atoms with Crippen LogP contribution >= 0.6 is 22.6 Å². The SMILES string of the molecule is OCCC(F)(F)I. The molecular formula is C3H5F2IO. The van der Waals surface area contributed by atoms with Crippen molar-refractivity contribution in [3.05, 3.63) is 0 Å². The largest absolute Gasteiger partial charge is 0.396 e. The second-order valence-corrected chi connectivity index (χ2v) is 2.67. The van der Waals surface area contributed by atoms with Gasteiger partial charge >= 0.3 is 0 Å². The molecule has 0 atom stereocenters. The van der Waals surface area contributed by atoms with Gasteiger partial charge in [0.1, 0.15) is 0 Å². The second kappa shape index (κ2) is 2.76. The Balaban J connectivity index is 3.15. The third-order valence-corrected chi connectivity index (χ3v) is 0.935. The maximum absolute atomic E-state index is 11.5. The molecule has 0 amide bonds. The summed E-state index contributed by atoms with van der Waals surface area (Å²) in [6.07, 6.45) is -0.451. The normalized spacial score (nSPS) is 12.0. The molecule has 0 aromatic rings. The van der Waals surface area contributed by atoms with Crippen LogP contribution in [0.15, 0.2) is 0 Å². The van der Waals surface area contributed by atoms with Gasteiger partial charge in [-0.05, 0) is 22.6 Å². The van der Waals surface area contributed by atoms with Crippen molar-refractivity contribution in [3.8, 4) is 0 Å². The van der Waals surface area contributed by atoms with Crippen LogP contribution in [-0.4, -0.2) is 15.6 Å². The lowest BCUT2D eigenvalue weighted by molar-refractivity contribution is 0.0905. The fraction of sp³-hybridized carbons (Fsp3) is 1.00. The number of hydrogen-bond donors (Lipinski definition) is 1. The lowest BCUT2D eigenvalue weighted by Gasteiger charge is -2.02. The monoisotopic (exact) mass is 222 g/mol. The van der Waals surface area contributed by atoms with Crippen LogP contribution in [0.25, 0.3) is 0 Å². The lowest BCUT2D eigenvalue weighted by atomic mass is 10.5. The maximum Gasteiger partial charge on any atom is 0.298 e. The highest BCUT2D eigenvalue weighted by Gasteiger charge is 2.21. The van der Waals surface area contributed by atoms with Gasteiger partial charge in [-0.15, -0.1) is 0 Å². The minimum absolute atomic E-state index is 0.448. The smallest absolute Gasteiger partial charge is 0.298 e. The van der Waals surface area contributed by atoms with E-state index in [2.05, 4.69) is 0 Å². The molecule has 1 nitrogen and oxygen atoms in total. The van der Waals surface area contributed by atoms with Gasteiger partial charge in [-0.1, -0.05) is 0 Å². The van der Waals surface area contributed by atoms with Crippen molar-refractivity contribution < 1.29 is 13.9 Å². The highest BCUT2D eigenvalue weighted by Crippen LogP contribution is 2.25. The van der Waals surface area contributed by atoms with Gasteiger partial charge in [-0.25, -0.2) is 0 Å². The van der Waals surface area contributed by atoms with Gasteiger partial charge < -0.3 is 5.11 Å². The van der Waals surface area contributed by atoms with Crippen molar-refractivity contribution in [1.29, 1.82) is 0 Å². The number of halogens is 3. The molecule has 0 aliphatic carbocycles. The molecule has 0 saturated heterocycles. The summed E-state index contributed by atoms with van der Waals surface area (Å²) in [5.74, 6) is 0. The van der Waals surface area contributed by atoms with Crippen LogP contribution in [0.3, 0.4) is 0 Å².